The molecule has 0 unspecified atom stereocenters. The number of hydrogen-bond donors (Lipinski definition) is 0. The molecule has 0 bridgehead atoms. The van der Waals surface area contributed by atoms with E-state index in [2.05, 4.69) is 4.98 Å². The van der Waals surface area contributed by atoms with Gasteiger partial charge in [0.25, 0.3) is 0 Å². The van der Waals surface area contributed by atoms with Crippen LogP contribution >= 0.6 is 0 Å². The maximum atomic E-state index is 10.7. The lowest BCUT2D eigenvalue weighted by Crippen LogP contribution is -1.97. The quantitative estimate of drug-likeness (QED) is 0.783. The smallest absolute Gasteiger partial charge is 0.219 e. The summed E-state index contributed by atoms with van der Waals surface area (Å²) in [5.41, 5.74) is 3.14. The fourth-order valence-electron chi connectivity index (χ4n) is 2.09. The number of rotatable bonds is 5. The first kappa shape index (κ1) is 14.1. The number of carbonyl (C=O) groups is 1. The molecule has 0 atom stereocenters. The molecule has 0 saturated heterocycles. The van der Waals surface area contributed by atoms with Crippen LogP contribution in [0.25, 0.3) is 0 Å². The number of pyridine rings is 1. The van der Waals surface area contributed by atoms with Gasteiger partial charge in [-0.2, -0.15) is 0 Å². The Morgan fingerprint density at radius 2 is 1.85 bits per heavy atom. The molecule has 0 amide bonds. The van der Waals surface area contributed by atoms with E-state index in [4.69, 9.17) is 9.47 Å². The normalized spacial score (nSPS) is 10.2. The highest BCUT2D eigenvalue weighted by Gasteiger charge is 2.07. The molecule has 0 aliphatic carbocycles. The molecule has 0 spiro atoms. The van der Waals surface area contributed by atoms with Crippen molar-refractivity contribution >= 4 is 6.29 Å². The van der Waals surface area contributed by atoms with E-state index in [1.165, 1.54) is 0 Å². The van der Waals surface area contributed by atoms with E-state index in [9.17, 15) is 4.79 Å². The molecule has 1 aromatic carbocycles. The van der Waals surface area contributed by atoms with E-state index in [0.717, 1.165) is 23.0 Å². The van der Waals surface area contributed by atoms with Gasteiger partial charge in [-0.1, -0.05) is 0 Å². The largest absolute Gasteiger partial charge is 0.495 e. The van der Waals surface area contributed by atoms with Gasteiger partial charge in [0.2, 0.25) is 5.88 Å². The Hall–Kier alpha value is -2.36. The van der Waals surface area contributed by atoms with Gasteiger partial charge >= 0.3 is 0 Å². The van der Waals surface area contributed by atoms with Crippen molar-refractivity contribution in [3.63, 3.8) is 0 Å². The molecule has 0 fully saturated rings. The van der Waals surface area contributed by atoms with Crippen LogP contribution in [0.15, 0.2) is 30.5 Å². The Bertz CT molecular complexity index is 583. The lowest BCUT2D eigenvalue weighted by molar-refractivity contribution is -0.107. The average Bonchev–Trinajstić information content (AvgIpc) is 2.44. The van der Waals surface area contributed by atoms with E-state index < -0.39 is 0 Å². The van der Waals surface area contributed by atoms with Gasteiger partial charge in [0.1, 0.15) is 17.8 Å². The zero-order chi connectivity index (χ0) is 14.5. The van der Waals surface area contributed by atoms with Crippen LogP contribution in [0.2, 0.25) is 0 Å². The molecule has 104 valence electrons. The highest BCUT2D eigenvalue weighted by atomic mass is 16.5. The topological polar surface area (TPSA) is 48.4 Å². The molecule has 0 aliphatic heterocycles. The van der Waals surface area contributed by atoms with Gasteiger partial charge in [-0.15, -0.1) is 0 Å². The summed E-state index contributed by atoms with van der Waals surface area (Å²) in [6.45, 7) is 3.94. The third kappa shape index (κ3) is 3.15. The van der Waals surface area contributed by atoms with Gasteiger partial charge in [-0.05, 0) is 48.7 Å². The van der Waals surface area contributed by atoms with Crippen molar-refractivity contribution in [3.8, 4) is 17.4 Å². The minimum atomic E-state index is 0.429. The Labute approximate surface area is 118 Å². The van der Waals surface area contributed by atoms with Crippen LogP contribution in [0, 0.1) is 13.8 Å². The number of carbonyl (C=O) groups excluding carboxylic acids is 1. The van der Waals surface area contributed by atoms with Crippen LogP contribution in [0.3, 0.4) is 0 Å². The monoisotopic (exact) mass is 271 g/mol. The van der Waals surface area contributed by atoms with Crippen molar-refractivity contribution in [3.05, 3.63) is 47.2 Å². The first-order valence-corrected chi connectivity index (χ1v) is 6.35. The molecule has 2 aromatic rings. The summed E-state index contributed by atoms with van der Waals surface area (Å²) in [5.74, 6) is 1.91. The van der Waals surface area contributed by atoms with Crippen LogP contribution in [0.1, 0.15) is 16.7 Å². The Morgan fingerprint density at radius 3 is 2.35 bits per heavy atom. The summed E-state index contributed by atoms with van der Waals surface area (Å²) < 4.78 is 10.8. The first-order chi connectivity index (χ1) is 9.63. The molecular formula is C16H17NO3. The van der Waals surface area contributed by atoms with Crippen molar-refractivity contribution in [1.82, 2.24) is 4.98 Å². The number of benzene rings is 1. The fraction of sp³-hybridized carbons (Fsp3) is 0.250. The van der Waals surface area contributed by atoms with Gasteiger partial charge in [-0.3, -0.25) is 0 Å². The lowest BCUT2D eigenvalue weighted by atomic mass is 10.0. The number of aryl methyl sites for hydroxylation is 2. The number of aldehydes is 1. The van der Waals surface area contributed by atoms with Crippen molar-refractivity contribution < 1.29 is 14.3 Å². The van der Waals surface area contributed by atoms with Crippen molar-refractivity contribution in [2.24, 2.45) is 0 Å². The van der Waals surface area contributed by atoms with E-state index in [0.29, 0.717) is 23.8 Å². The molecule has 0 radical (unpaired) electrons. The van der Waals surface area contributed by atoms with Gasteiger partial charge in [-0.25, -0.2) is 4.98 Å². The maximum Gasteiger partial charge on any atom is 0.219 e. The number of methoxy groups -OCH3 is 1. The van der Waals surface area contributed by atoms with Gasteiger partial charge in [0, 0.05) is 12.5 Å². The summed E-state index contributed by atoms with van der Waals surface area (Å²) in [5, 5.41) is 0. The van der Waals surface area contributed by atoms with E-state index in [-0.39, 0.29) is 0 Å². The van der Waals surface area contributed by atoms with E-state index in [1.54, 1.807) is 25.4 Å². The fourth-order valence-corrected chi connectivity index (χ4v) is 2.09. The highest BCUT2D eigenvalue weighted by molar-refractivity contribution is 5.58. The standard InChI is InChI=1S/C16H17NO3/c1-11-8-14(9-12(2)15(11)6-7-18)20-16-5-4-13(19-3)10-17-16/h4-5,7-10H,6H2,1-3H3. The summed E-state index contributed by atoms with van der Waals surface area (Å²) in [6, 6.07) is 7.38. The first-order valence-electron chi connectivity index (χ1n) is 6.35. The second kappa shape index (κ2) is 6.19. The van der Waals surface area contributed by atoms with Crippen LogP contribution in [-0.4, -0.2) is 18.4 Å². The molecule has 4 nitrogen and oxygen atoms in total. The van der Waals surface area contributed by atoms with Crippen molar-refractivity contribution in [1.29, 1.82) is 0 Å². The molecule has 2 rings (SSSR count). The average molecular weight is 271 g/mol. The molecule has 20 heavy (non-hydrogen) atoms. The summed E-state index contributed by atoms with van der Waals surface area (Å²) >= 11 is 0. The maximum absolute atomic E-state index is 10.7. The minimum absolute atomic E-state index is 0.429. The predicted molar refractivity (Wildman–Crippen MR) is 76.5 cm³/mol. The molecule has 1 heterocycles. The van der Waals surface area contributed by atoms with Gasteiger partial charge in [0.05, 0.1) is 13.3 Å². The van der Waals surface area contributed by atoms with Crippen LogP contribution in [-0.2, 0) is 11.2 Å². The molecule has 1 aromatic heterocycles. The highest BCUT2D eigenvalue weighted by Crippen LogP contribution is 2.26. The van der Waals surface area contributed by atoms with E-state index >= 15 is 0 Å². The Kier molecular flexibility index (Phi) is 4.35. The zero-order valence-corrected chi connectivity index (χ0v) is 11.8. The minimum Gasteiger partial charge on any atom is -0.495 e. The summed E-state index contributed by atoms with van der Waals surface area (Å²) in [7, 11) is 1.59. The Morgan fingerprint density at radius 1 is 1.15 bits per heavy atom. The number of hydrogen-bond acceptors (Lipinski definition) is 4. The number of aromatic nitrogens is 1. The second-order valence-electron chi connectivity index (χ2n) is 4.54. The van der Waals surface area contributed by atoms with Crippen molar-refractivity contribution in [2.45, 2.75) is 20.3 Å². The summed E-state index contributed by atoms with van der Waals surface area (Å²) in [6.07, 6.45) is 2.95. The molecule has 0 aliphatic rings. The number of ether oxygens (including phenoxy) is 2. The van der Waals surface area contributed by atoms with Gasteiger partial charge in [0.15, 0.2) is 0 Å². The molecular weight excluding hydrogens is 254 g/mol. The lowest BCUT2D eigenvalue weighted by Gasteiger charge is -2.11. The predicted octanol–water partition coefficient (Wildman–Crippen LogP) is 3.24. The number of nitrogens with zero attached hydrogens (tertiary/aromatic N) is 1. The van der Waals surface area contributed by atoms with Gasteiger partial charge < -0.3 is 14.3 Å². The second-order valence-corrected chi connectivity index (χ2v) is 4.54. The third-order valence-electron chi connectivity index (χ3n) is 3.12. The molecule has 4 heteroatoms. The van der Waals surface area contributed by atoms with Crippen molar-refractivity contribution in [2.75, 3.05) is 7.11 Å². The van der Waals surface area contributed by atoms with Crippen LogP contribution < -0.4 is 9.47 Å². The van der Waals surface area contributed by atoms with E-state index in [1.807, 2.05) is 26.0 Å². The van der Waals surface area contributed by atoms with Crippen LogP contribution in [0.5, 0.6) is 17.4 Å². The molecule has 0 saturated carbocycles. The zero-order valence-electron chi connectivity index (χ0n) is 11.8. The molecule has 0 N–H and O–H groups in total. The summed E-state index contributed by atoms with van der Waals surface area (Å²) in [4.78, 5) is 14.8. The Balaban J connectivity index is 2.22. The third-order valence-corrected chi connectivity index (χ3v) is 3.12. The van der Waals surface area contributed by atoms with Crippen LogP contribution in [0.4, 0.5) is 0 Å². The SMILES string of the molecule is COc1ccc(Oc2cc(C)c(CC=O)c(C)c2)nc1.